The minimum atomic E-state index is -4.75. The van der Waals surface area contributed by atoms with Crippen molar-refractivity contribution >= 4 is 76.6 Å². The van der Waals surface area contributed by atoms with E-state index in [-0.39, 0.29) is 63.8 Å². The number of amides is 11. The van der Waals surface area contributed by atoms with Gasteiger partial charge in [0, 0.05) is 67.7 Å². The first-order valence-corrected chi connectivity index (χ1v) is 31.4. The lowest BCUT2D eigenvalue weighted by atomic mass is 9.92. The lowest BCUT2D eigenvalue weighted by Crippen LogP contribution is -2.64. The van der Waals surface area contributed by atoms with Crippen molar-refractivity contribution in [3.05, 3.63) is 70.2 Å². The first-order valence-electron chi connectivity index (χ1n) is 31.1. The highest BCUT2D eigenvalue weighted by atomic mass is 35.5. The zero-order valence-corrected chi connectivity index (χ0v) is 55.1. The van der Waals surface area contributed by atoms with Gasteiger partial charge in [0.05, 0.1) is 30.2 Å². The Morgan fingerprint density at radius 1 is 0.656 bits per heavy atom. The summed E-state index contributed by atoms with van der Waals surface area (Å²) in [6.07, 6.45) is -2.74. The van der Waals surface area contributed by atoms with Gasteiger partial charge in [0.1, 0.15) is 41.8 Å². The fourth-order valence-electron chi connectivity index (χ4n) is 12.1. The Hall–Kier alpha value is -7.31. The molecular weight excluding hydrogens is 1190 g/mol. The maximum absolute atomic E-state index is 15.0. The van der Waals surface area contributed by atoms with Gasteiger partial charge in [0.15, 0.2) is 0 Å². The van der Waals surface area contributed by atoms with Gasteiger partial charge in [-0.15, -0.1) is 0 Å². The molecule has 1 saturated carbocycles. The number of aryl methyl sites for hydroxylation is 1. The molecule has 2 saturated heterocycles. The summed E-state index contributed by atoms with van der Waals surface area (Å²) in [5.74, 6) is -8.20. The molecule has 1 aliphatic carbocycles. The SMILES string of the molecule is CCC(C)[C@@H]1NC(=O)[C@H](CC(C)C)N(C)C(=O)C[C@@H](C)NC(=O)[C@H](C(C)C)N(C)C(=O)C2(CCCC2)NC(=O)[C@@H]2CCCN2C(=O)[C@H](CCc2ccc(C(F)(F)F)c(Cl)c2)NC(=O)CN(C)C(=O)[C@H](Cc2ccccc2)N(C)C(=O)CN(C)C(=O)CN(C)C1=O. The summed E-state index contributed by atoms with van der Waals surface area (Å²) >= 11 is 6.10. The summed E-state index contributed by atoms with van der Waals surface area (Å²) in [4.78, 5) is 167. The Labute approximate surface area is 532 Å². The largest absolute Gasteiger partial charge is 0.417 e. The zero-order valence-electron chi connectivity index (χ0n) is 54.3. The number of nitrogens with zero attached hydrogens (tertiary/aromatic N) is 7. The van der Waals surface area contributed by atoms with E-state index < -0.39 is 161 Å². The van der Waals surface area contributed by atoms with Crippen molar-refractivity contribution in [1.29, 1.82) is 0 Å². The van der Waals surface area contributed by atoms with Crippen molar-refractivity contribution in [2.75, 3.05) is 68.5 Å². The first kappa shape index (κ1) is 73.4. The lowest BCUT2D eigenvalue weighted by Gasteiger charge is -2.39. The Morgan fingerprint density at radius 2 is 1.27 bits per heavy atom. The van der Waals surface area contributed by atoms with Crippen LogP contribution in [0.2, 0.25) is 5.02 Å². The second-order valence-corrected chi connectivity index (χ2v) is 25.9. The van der Waals surface area contributed by atoms with Crippen molar-refractivity contribution in [1.82, 2.24) is 55.6 Å². The molecule has 2 aromatic carbocycles. The van der Waals surface area contributed by atoms with Gasteiger partial charge in [-0.25, -0.2) is 0 Å². The Bertz CT molecular complexity index is 2930. The van der Waals surface area contributed by atoms with Crippen LogP contribution in [0.3, 0.4) is 0 Å². The average molecular weight is 1280 g/mol. The van der Waals surface area contributed by atoms with Crippen molar-refractivity contribution in [2.45, 2.75) is 180 Å². The molecule has 2 heterocycles. The van der Waals surface area contributed by atoms with E-state index in [0.717, 1.165) is 31.7 Å². The number of nitrogens with one attached hydrogen (secondary N) is 4. The van der Waals surface area contributed by atoms with Gasteiger partial charge in [-0.05, 0) is 92.9 Å². The molecule has 4 N–H and O–H groups in total. The molecule has 3 fully saturated rings. The smallest absolute Gasteiger partial charge is 0.351 e. The number of alkyl halides is 3. The molecule has 5 rings (SSSR count). The highest BCUT2D eigenvalue weighted by Crippen LogP contribution is 2.36. The molecule has 2 aliphatic heterocycles. The molecule has 1 spiro atoms. The molecule has 2 aromatic rings. The maximum atomic E-state index is 15.0. The predicted octanol–water partition coefficient (Wildman–Crippen LogP) is 4.44. The third-order valence-electron chi connectivity index (χ3n) is 17.6. The van der Waals surface area contributed by atoms with Crippen LogP contribution in [0.5, 0.6) is 0 Å². The number of rotatable bonds is 10. The van der Waals surface area contributed by atoms with E-state index in [4.69, 9.17) is 11.6 Å². The van der Waals surface area contributed by atoms with Gasteiger partial charge in [0.2, 0.25) is 65.0 Å². The highest BCUT2D eigenvalue weighted by Gasteiger charge is 2.49. The van der Waals surface area contributed by atoms with E-state index in [0.29, 0.717) is 36.8 Å². The van der Waals surface area contributed by atoms with Crippen LogP contribution in [0.25, 0.3) is 0 Å². The van der Waals surface area contributed by atoms with Gasteiger partial charge in [-0.1, -0.05) is 109 Å². The van der Waals surface area contributed by atoms with E-state index in [1.807, 2.05) is 20.8 Å². The van der Waals surface area contributed by atoms with Crippen LogP contribution < -0.4 is 21.3 Å². The normalized spacial score (nSPS) is 25.0. The number of hydrogen-bond acceptors (Lipinski definition) is 11. The molecule has 11 amide bonds. The van der Waals surface area contributed by atoms with Crippen molar-refractivity contribution in [3.8, 4) is 0 Å². The quantitative estimate of drug-likeness (QED) is 0.259. The van der Waals surface area contributed by atoms with Crippen LogP contribution in [0.1, 0.15) is 129 Å². The van der Waals surface area contributed by atoms with E-state index in [1.165, 1.54) is 63.1 Å². The van der Waals surface area contributed by atoms with Crippen LogP contribution in [0.4, 0.5) is 13.2 Å². The van der Waals surface area contributed by atoms with E-state index in [9.17, 15) is 65.9 Å². The number of carbonyl (C=O) groups is 11. The van der Waals surface area contributed by atoms with Crippen LogP contribution >= 0.6 is 11.6 Å². The average Bonchev–Trinajstić information content (AvgIpc) is 1.54. The second kappa shape index (κ2) is 32.1. The van der Waals surface area contributed by atoms with E-state index in [1.54, 1.807) is 58.0 Å². The van der Waals surface area contributed by atoms with Gasteiger partial charge < -0.3 is 55.6 Å². The summed E-state index contributed by atoms with van der Waals surface area (Å²) in [5.41, 5.74) is -1.65. The zero-order chi connectivity index (χ0) is 67.3. The second-order valence-electron chi connectivity index (χ2n) is 25.5. The molecule has 498 valence electrons. The van der Waals surface area contributed by atoms with Crippen LogP contribution in [0, 0.1) is 17.8 Å². The third kappa shape index (κ3) is 18.9. The van der Waals surface area contributed by atoms with Gasteiger partial charge in [-0.2, -0.15) is 13.2 Å². The summed E-state index contributed by atoms with van der Waals surface area (Å²) in [6, 6.07) is 3.86. The monoisotopic (exact) mass is 1280 g/mol. The lowest BCUT2D eigenvalue weighted by molar-refractivity contribution is -0.149. The Balaban J connectivity index is 1.55. The molecule has 8 atom stereocenters. The third-order valence-corrected chi connectivity index (χ3v) is 17.9. The van der Waals surface area contributed by atoms with Gasteiger partial charge in [-0.3, -0.25) is 52.7 Å². The summed E-state index contributed by atoms with van der Waals surface area (Å²) in [5, 5.41) is 10.9. The number of fused-ring (bicyclic) bond motifs is 1. The molecule has 90 heavy (non-hydrogen) atoms. The van der Waals surface area contributed by atoms with E-state index in [2.05, 4.69) is 21.3 Å². The van der Waals surface area contributed by atoms with Crippen molar-refractivity contribution < 1.29 is 65.9 Å². The van der Waals surface area contributed by atoms with Gasteiger partial charge >= 0.3 is 6.18 Å². The standard InChI is InChI=1S/C64H93ClF3N11O11/c1-14-40(6)54-61(89)75(10)36-52(82)73(8)37-53(83)77(12)49(34-42-21-16-15-17-22-42)60(88)74(9)35-50(80)70-46(27-25-43-24-26-44(45(65)33-43)64(66,67)68)59(87)79-30-20-23-47(79)57(85)72-63(28-18-19-29-63)62(90)78(13)55(39(4)5)58(86)69-41(7)32-51(81)76(11)48(31-38(2)3)56(84)71-54/h15-17,21-22,24,26,33,38-41,46-49,54-55H,14,18-20,23,25,27-32,34-37H2,1-13H3,(H,69,86)(H,70,80)(H,71,84)(H,72,85)/t40?,41-,46+,47+,48+,49+,54+,55+/m1/s1. The van der Waals surface area contributed by atoms with E-state index >= 15 is 0 Å². The number of likely N-dealkylation sites (N-methyl/N-ethyl adjacent to an activating group) is 6. The number of carbonyl (C=O) groups excluding carboxylic acids is 11. The fraction of sp³-hybridized carbons (Fsp3) is 0.641. The van der Waals surface area contributed by atoms with Crippen LogP contribution in [-0.4, -0.2) is 216 Å². The highest BCUT2D eigenvalue weighted by molar-refractivity contribution is 6.31. The fourth-order valence-corrected chi connectivity index (χ4v) is 12.4. The molecule has 0 aromatic heterocycles. The van der Waals surface area contributed by atoms with Crippen LogP contribution in [0.15, 0.2) is 48.5 Å². The molecular formula is C64H93ClF3N11O11. The number of benzene rings is 2. The Kier molecular flexibility index (Phi) is 26.2. The molecule has 22 nitrogen and oxygen atoms in total. The van der Waals surface area contributed by atoms with Crippen molar-refractivity contribution in [3.63, 3.8) is 0 Å². The summed E-state index contributed by atoms with van der Waals surface area (Å²) in [7, 11) is 8.36. The molecule has 1 unspecified atom stereocenters. The number of halogens is 4. The molecule has 3 aliphatic rings. The minimum absolute atomic E-state index is 0.0430. The topological polar surface area (TPSA) is 259 Å². The van der Waals surface area contributed by atoms with Gasteiger partial charge in [0.25, 0.3) is 0 Å². The maximum Gasteiger partial charge on any atom is 0.417 e. The number of hydrogen-bond donors (Lipinski definition) is 4. The summed E-state index contributed by atoms with van der Waals surface area (Å²) in [6.45, 7) is 10.8. The minimum Gasteiger partial charge on any atom is -0.351 e. The summed E-state index contributed by atoms with van der Waals surface area (Å²) < 4.78 is 41.2. The predicted molar refractivity (Wildman–Crippen MR) is 331 cm³/mol. The van der Waals surface area contributed by atoms with Crippen LogP contribution in [-0.2, 0) is 71.8 Å². The molecule has 26 heteroatoms. The molecule has 0 radical (unpaired) electrons. The molecule has 0 bridgehead atoms. The first-order chi connectivity index (χ1) is 42.1. The Morgan fingerprint density at radius 3 is 1.86 bits per heavy atom. The van der Waals surface area contributed by atoms with Crippen molar-refractivity contribution in [2.24, 2.45) is 17.8 Å².